The molecule has 4 heteroatoms. The predicted molar refractivity (Wildman–Crippen MR) is 73.1 cm³/mol. The van der Waals surface area contributed by atoms with E-state index in [1.165, 1.54) is 12.1 Å². The predicted octanol–water partition coefficient (Wildman–Crippen LogP) is 1.95. The zero-order valence-electron chi connectivity index (χ0n) is 11.5. The van der Waals surface area contributed by atoms with Crippen LogP contribution in [0, 0.1) is 11.2 Å². The average molecular weight is 264 g/mol. The van der Waals surface area contributed by atoms with Crippen LogP contribution in [0.25, 0.3) is 0 Å². The molecular weight excluding hydrogens is 243 g/mol. The van der Waals surface area contributed by atoms with E-state index in [0.717, 1.165) is 18.5 Å². The summed E-state index contributed by atoms with van der Waals surface area (Å²) in [6.07, 6.45) is 1.23. The van der Waals surface area contributed by atoms with Gasteiger partial charge < -0.3 is 10.6 Å². The molecular formula is C15H21FN2O. The fourth-order valence-electron chi connectivity index (χ4n) is 2.30. The van der Waals surface area contributed by atoms with Crippen LogP contribution >= 0.6 is 0 Å². The maximum Gasteiger partial charge on any atom is 0.227 e. The van der Waals surface area contributed by atoms with Crippen LogP contribution in [0.1, 0.15) is 25.8 Å². The fraction of sp³-hybridized carbons (Fsp3) is 0.533. The third-order valence-corrected chi connectivity index (χ3v) is 4.07. The topological polar surface area (TPSA) is 46.3 Å². The van der Waals surface area contributed by atoms with Gasteiger partial charge in [0.15, 0.2) is 0 Å². The summed E-state index contributed by atoms with van der Waals surface area (Å²) in [5.74, 6) is -0.212. The van der Waals surface area contributed by atoms with Crippen molar-refractivity contribution in [3.8, 4) is 0 Å². The standard InChI is InChI=1S/C15H21FN2O/c1-15(2)7-8-18(10-13(15)17)14(19)9-11-3-5-12(16)6-4-11/h3-6,13H,7-10,17H2,1-2H3. The quantitative estimate of drug-likeness (QED) is 0.887. The van der Waals surface area contributed by atoms with Crippen molar-refractivity contribution in [1.82, 2.24) is 4.90 Å². The van der Waals surface area contributed by atoms with Crippen LogP contribution < -0.4 is 5.73 Å². The first-order valence-electron chi connectivity index (χ1n) is 6.66. The van der Waals surface area contributed by atoms with E-state index in [0.29, 0.717) is 13.0 Å². The minimum absolute atomic E-state index is 0.0124. The molecule has 104 valence electrons. The maximum absolute atomic E-state index is 12.8. The Balaban J connectivity index is 1.96. The van der Waals surface area contributed by atoms with Crippen LogP contribution in [0.4, 0.5) is 4.39 Å². The molecule has 0 spiro atoms. The molecule has 1 aromatic carbocycles. The Labute approximate surface area is 113 Å². The Morgan fingerprint density at radius 2 is 2.05 bits per heavy atom. The highest BCUT2D eigenvalue weighted by Gasteiger charge is 2.34. The van der Waals surface area contributed by atoms with Crippen LogP contribution in [0.5, 0.6) is 0 Å². The third-order valence-electron chi connectivity index (χ3n) is 4.07. The second-order valence-corrected chi connectivity index (χ2v) is 5.99. The van der Waals surface area contributed by atoms with Gasteiger partial charge in [0.05, 0.1) is 6.42 Å². The summed E-state index contributed by atoms with van der Waals surface area (Å²) >= 11 is 0. The number of hydrogen-bond acceptors (Lipinski definition) is 2. The number of benzene rings is 1. The number of halogens is 1. The van der Waals surface area contributed by atoms with Crippen LogP contribution in [0.15, 0.2) is 24.3 Å². The molecule has 3 nitrogen and oxygen atoms in total. The van der Waals surface area contributed by atoms with Gasteiger partial charge >= 0.3 is 0 Å². The summed E-state index contributed by atoms with van der Waals surface area (Å²) in [5.41, 5.74) is 7.04. The van der Waals surface area contributed by atoms with Crippen molar-refractivity contribution in [2.24, 2.45) is 11.1 Å². The summed E-state index contributed by atoms with van der Waals surface area (Å²) in [6.45, 7) is 5.63. The van der Waals surface area contributed by atoms with Gasteiger partial charge in [-0.25, -0.2) is 4.39 Å². The first-order valence-corrected chi connectivity index (χ1v) is 6.66. The van der Waals surface area contributed by atoms with Crippen molar-refractivity contribution < 1.29 is 9.18 Å². The van der Waals surface area contributed by atoms with Gasteiger partial charge in [-0.2, -0.15) is 0 Å². The van der Waals surface area contributed by atoms with Crippen molar-refractivity contribution in [2.75, 3.05) is 13.1 Å². The van der Waals surface area contributed by atoms with Gasteiger partial charge in [0, 0.05) is 19.1 Å². The number of likely N-dealkylation sites (tertiary alicyclic amines) is 1. The van der Waals surface area contributed by atoms with E-state index >= 15 is 0 Å². The van der Waals surface area contributed by atoms with Gasteiger partial charge in [-0.05, 0) is 29.5 Å². The van der Waals surface area contributed by atoms with Gasteiger partial charge in [0.1, 0.15) is 5.82 Å². The smallest absolute Gasteiger partial charge is 0.227 e. The van der Waals surface area contributed by atoms with Crippen LogP contribution in [-0.4, -0.2) is 29.9 Å². The Bertz CT molecular complexity index is 456. The van der Waals surface area contributed by atoms with E-state index < -0.39 is 0 Å². The lowest BCUT2D eigenvalue weighted by Crippen LogP contribution is -2.54. The molecule has 2 rings (SSSR count). The molecule has 0 aromatic heterocycles. The highest BCUT2D eigenvalue weighted by atomic mass is 19.1. The van der Waals surface area contributed by atoms with E-state index in [4.69, 9.17) is 5.73 Å². The van der Waals surface area contributed by atoms with Crippen molar-refractivity contribution in [3.05, 3.63) is 35.6 Å². The summed E-state index contributed by atoms with van der Waals surface area (Å²) in [7, 11) is 0. The number of carbonyl (C=O) groups excluding carboxylic acids is 1. The number of nitrogens with two attached hydrogens (primary N) is 1. The van der Waals surface area contributed by atoms with Gasteiger partial charge in [-0.15, -0.1) is 0 Å². The number of carbonyl (C=O) groups is 1. The molecule has 1 atom stereocenters. The number of nitrogens with zero attached hydrogens (tertiary/aromatic N) is 1. The molecule has 0 saturated carbocycles. The van der Waals surface area contributed by atoms with Gasteiger partial charge in [-0.3, -0.25) is 4.79 Å². The highest BCUT2D eigenvalue weighted by Crippen LogP contribution is 2.29. The number of amides is 1. The lowest BCUT2D eigenvalue weighted by atomic mass is 9.78. The summed E-state index contributed by atoms with van der Waals surface area (Å²) in [6, 6.07) is 6.09. The number of rotatable bonds is 2. The maximum atomic E-state index is 12.8. The lowest BCUT2D eigenvalue weighted by Gasteiger charge is -2.42. The molecule has 1 aliphatic heterocycles. The normalized spacial score (nSPS) is 22.3. The van der Waals surface area contributed by atoms with E-state index in [2.05, 4.69) is 13.8 Å². The molecule has 2 N–H and O–H groups in total. The molecule has 1 unspecified atom stereocenters. The third kappa shape index (κ3) is 3.32. The monoisotopic (exact) mass is 264 g/mol. The molecule has 19 heavy (non-hydrogen) atoms. The molecule has 1 saturated heterocycles. The molecule has 1 aromatic rings. The minimum atomic E-state index is -0.280. The molecule has 1 amide bonds. The van der Waals surface area contributed by atoms with Crippen molar-refractivity contribution in [1.29, 1.82) is 0 Å². The van der Waals surface area contributed by atoms with E-state index in [1.54, 1.807) is 12.1 Å². The van der Waals surface area contributed by atoms with Crippen molar-refractivity contribution in [3.63, 3.8) is 0 Å². The molecule has 1 heterocycles. The second kappa shape index (κ2) is 5.29. The summed E-state index contributed by atoms with van der Waals surface area (Å²) < 4.78 is 12.8. The molecule has 0 aliphatic carbocycles. The zero-order valence-corrected chi connectivity index (χ0v) is 11.5. The number of hydrogen-bond donors (Lipinski definition) is 1. The summed E-state index contributed by atoms with van der Waals surface area (Å²) in [5, 5.41) is 0. The van der Waals surface area contributed by atoms with Gasteiger partial charge in [0.2, 0.25) is 5.91 Å². The Morgan fingerprint density at radius 3 is 2.63 bits per heavy atom. The Kier molecular flexibility index (Phi) is 3.90. The second-order valence-electron chi connectivity index (χ2n) is 5.99. The van der Waals surface area contributed by atoms with Crippen molar-refractivity contribution >= 4 is 5.91 Å². The van der Waals surface area contributed by atoms with Crippen LogP contribution in [0.2, 0.25) is 0 Å². The fourth-order valence-corrected chi connectivity index (χ4v) is 2.30. The molecule has 1 aliphatic rings. The van der Waals surface area contributed by atoms with Crippen LogP contribution in [0.3, 0.4) is 0 Å². The largest absolute Gasteiger partial charge is 0.341 e. The summed E-state index contributed by atoms with van der Waals surface area (Å²) in [4.78, 5) is 14.0. The van der Waals surface area contributed by atoms with Crippen molar-refractivity contribution in [2.45, 2.75) is 32.7 Å². The first-order chi connectivity index (χ1) is 8.88. The number of piperidine rings is 1. The van der Waals surface area contributed by atoms with Crippen LogP contribution in [-0.2, 0) is 11.2 Å². The van der Waals surface area contributed by atoms with E-state index in [-0.39, 0.29) is 23.2 Å². The van der Waals surface area contributed by atoms with E-state index in [9.17, 15) is 9.18 Å². The highest BCUT2D eigenvalue weighted by molar-refractivity contribution is 5.79. The van der Waals surface area contributed by atoms with E-state index in [1.807, 2.05) is 4.90 Å². The minimum Gasteiger partial charge on any atom is -0.341 e. The van der Waals surface area contributed by atoms with Gasteiger partial charge in [-0.1, -0.05) is 26.0 Å². The van der Waals surface area contributed by atoms with Gasteiger partial charge in [0.25, 0.3) is 0 Å². The molecule has 0 radical (unpaired) electrons. The zero-order chi connectivity index (χ0) is 14.0. The SMILES string of the molecule is CC1(C)CCN(C(=O)Cc2ccc(F)cc2)CC1N. The lowest BCUT2D eigenvalue weighted by molar-refractivity contribution is -0.133. The molecule has 1 fully saturated rings. The average Bonchev–Trinajstić information content (AvgIpc) is 2.35. The Morgan fingerprint density at radius 1 is 1.42 bits per heavy atom. The molecule has 0 bridgehead atoms. The Hall–Kier alpha value is -1.42. The first kappa shape index (κ1) is 14.0.